The van der Waals surface area contributed by atoms with Gasteiger partial charge in [0.25, 0.3) is 5.56 Å². The second kappa shape index (κ2) is 7.12. The van der Waals surface area contributed by atoms with Crippen LogP contribution in [0.4, 0.5) is 5.82 Å². The summed E-state index contributed by atoms with van der Waals surface area (Å²) >= 11 is 0. The van der Waals surface area contributed by atoms with Gasteiger partial charge in [-0.05, 0) is 25.0 Å². The molecule has 0 aliphatic heterocycles. The van der Waals surface area contributed by atoms with Gasteiger partial charge in [-0.1, -0.05) is 36.3 Å². The number of hydrogen-bond acceptors (Lipinski definition) is 5. The standard InChI is InChI=1S/C18H18N4O3/c1-3-13-4-6-14(7-5-13)15-8-9-18(24)22(20-15)11-17(23)19-16-10-12(2)25-21-16/h4-10H,3,11H2,1-2H3,(H,19,21,23). The third kappa shape index (κ3) is 4.00. The van der Waals surface area contributed by atoms with Crippen molar-refractivity contribution in [2.75, 3.05) is 5.32 Å². The third-order valence-corrected chi connectivity index (χ3v) is 3.71. The first kappa shape index (κ1) is 16.6. The number of aryl methyl sites for hydroxylation is 2. The molecule has 1 amide bonds. The Hall–Kier alpha value is -3.22. The molecule has 0 atom stereocenters. The van der Waals surface area contributed by atoms with Gasteiger partial charge in [-0.25, -0.2) is 4.68 Å². The predicted molar refractivity (Wildman–Crippen MR) is 93.2 cm³/mol. The van der Waals surface area contributed by atoms with Crippen LogP contribution in [0.1, 0.15) is 18.2 Å². The number of carbonyl (C=O) groups excluding carboxylic acids is 1. The topological polar surface area (TPSA) is 90.0 Å². The summed E-state index contributed by atoms with van der Waals surface area (Å²) < 4.78 is 6.02. The first-order valence-corrected chi connectivity index (χ1v) is 7.96. The molecule has 0 aliphatic carbocycles. The lowest BCUT2D eigenvalue weighted by Gasteiger charge is -2.07. The molecule has 3 aromatic rings. The van der Waals surface area contributed by atoms with Gasteiger partial charge in [0.2, 0.25) is 5.91 Å². The average Bonchev–Trinajstić information content (AvgIpc) is 3.01. The predicted octanol–water partition coefficient (Wildman–Crippen LogP) is 2.41. The first-order chi connectivity index (χ1) is 12.0. The molecule has 3 rings (SSSR count). The largest absolute Gasteiger partial charge is 0.360 e. The van der Waals surface area contributed by atoms with Crippen LogP contribution >= 0.6 is 0 Å². The molecule has 0 fully saturated rings. The lowest BCUT2D eigenvalue weighted by atomic mass is 10.1. The normalized spacial score (nSPS) is 10.6. The minimum atomic E-state index is -0.401. The molecule has 0 unspecified atom stereocenters. The van der Waals surface area contributed by atoms with Crippen LogP contribution in [0, 0.1) is 6.92 Å². The summed E-state index contributed by atoms with van der Waals surface area (Å²) in [6.45, 7) is 3.61. The fourth-order valence-corrected chi connectivity index (χ4v) is 2.37. The molecule has 128 valence electrons. The van der Waals surface area contributed by atoms with E-state index < -0.39 is 5.91 Å². The smallest absolute Gasteiger partial charge is 0.267 e. The lowest BCUT2D eigenvalue weighted by Crippen LogP contribution is -2.29. The molecular weight excluding hydrogens is 320 g/mol. The van der Waals surface area contributed by atoms with Crippen LogP contribution in [0.15, 0.2) is 51.8 Å². The van der Waals surface area contributed by atoms with Crippen molar-refractivity contribution in [3.63, 3.8) is 0 Å². The molecule has 2 aromatic heterocycles. The highest BCUT2D eigenvalue weighted by atomic mass is 16.5. The van der Waals surface area contributed by atoms with Gasteiger partial charge in [0, 0.05) is 17.7 Å². The molecular formula is C18H18N4O3. The molecule has 0 radical (unpaired) electrons. The SMILES string of the molecule is CCc1ccc(-c2ccc(=O)n(CC(=O)Nc3cc(C)on3)n2)cc1. The van der Waals surface area contributed by atoms with Crippen molar-refractivity contribution in [3.05, 3.63) is 64.1 Å². The van der Waals surface area contributed by atoms with Crippen LogP contribution in [0.3, 0.4) is 0 Å². The molecule has 25 heavy (non-hydrogen) atoms. The number of rotatable bonds is 5. The van der Waals surface area contributed by atoms with Crippen molar-refractivity contribution in [3.8, 4) is 11.3 Å². The fourth-order valence-electron chi connectivity index (χ4n) is 2.37. The zero-order valence-electron chi connectivity index (χ0n) is 14.0. The number of nitrogens with one attached hydrogen (secondary N) is 1. The van der Waals surface area contributed by atoms with E-state index in [1.165, 1.54) is 11.6 Å². The molecule has 1 N–H and O–H groups in total. The first-order valence-electron chi connectivity index (χ1n) is 7.96. The third-order valence-electron chi connectivity index (χ3n) is 3.71. The van der Waals surface area contributed by atoms with Crippen LogP contribution in [-0.2, 0) is 17.8 Å². The van der Waals surface area contributed by atoms with Gasteiger partial charge in [0.05, 0.1) is 5.69 Å². The maximum atomic E-state index is 12.1. The number of amides is 1. The van der Waals surface area contributed by atoms with Gasteiger partial charge in [-0.2, -0.15) is 5.10 Å². The van der Waals surface area contributed by atoms with Crippen molar-refractivity contribution in [1.29, 1.82) is 0 Å². The molecule has 2 heterocycles. The van der Waals surface area contributed by atoms with E-state index in [1.807, 2.05) is 24.3 Å². The highest BCUT2D eigenvalue weighted by Gasteiger charge is 2.10. The molecule has 1 aromatic carbocycles. The Morgan fingerprint density at radius 2 is 1.96 bits per heavy atom. The Bertz CT molecular complexity index is 941. The van der Waals surface area contributed by atoms with E-state index in [0.29, 0.717) is 17.3 Å². The fraction of sp³-hybridized carbons (Fsp3) is 0.222. The molecule has 0 spiro atoms. The number of aromatic nitrogens is 3. The van der Waals surface area contributed by atoms with E-state index in [1.54, 1.807) is 19.1 Å². The van der Waals surface area contributed by atoms with Crippen LogP contribution < -0.4 is 10.9 Å². The maximum Gasteiger partial charge on any atom is 0.267 e. The monoisotopic (exact) mass is 338 g/mol. The number of anilines is 1. The van der Waals surface area contributed by atoms with Crippen LogP contribution in [0.5, 0.6) is 0 Å². The van der Waals surface area contributed by atoms with E-state index in [0.717, 1.165) is 16.7 Å². The van der Waals surface area contributed by atoms with Gasteiger partial charge in [-0.15, -0.1) is 0 Å². The molecule has 0 aliphatic rings. The maximum absolute atomic E-state index is 12.1. The highest BCUT2D eigenvalue weighted by Crippen LogP contribution is 2.16. The van der Waals surface area contributed by atoms with Crippen LogP contribution in [-0.4, -0.2) is 20.8 Å². The van der Waals surface area contributed by atoms with Crippen molar-refractivity contribution in [2.24, 2.45) is 0 Å². The Balaban J connectivity index is 1.79. The van der Waals surface area contributed by atoms with Gasteiger partial charge in [-0.3, -0.25) is 9.59 Å². The van der Waals surface area contributed by atoms with Crippen molar-refractivity contribution < 1.29 is 9.32 Å². The van der Waals surface area contributed by atoms with E-state index >= 15 is 0 Å². The van der Waals surface area contributed by atoms with E-state index in [2.05, 4.69) is 22.5 Å². The highest BCUT2D eigenvalue weighted by molar-refractivity contribution is 5.89. The summed E-state index contributed by atoms with van der Waals surface area (Å²) in [5.74, 6) is 0.492. The van der Waals surface area contributed by atoms with Gasteiger partial charge in [0.1, 0.15) is 12.3 Å². The number of hydrogen-bond donors (Lipinski definition) is 1. The Morgan fingerprint density at radius 1 is 1.20 bits per heavy atom. The van der Waals surface area contributed by atoms with E-state index in [9.17, 15) is 9.59 Å². The molecule has 7 heteroatoms. The Morgan fingerprint density at radius 3 is 2.60 bits per heavy atom. The lowest BCUT2D eigenvalue weighted by molar-refractivity contribution is -0.117. The molecule has 0 bridgehead atoms. The number of benzene rings is 1. The second-order valence-corrected chi connectivity index (χ2v) is 5.64. The average molecular weight is 338 g/mol. The van der Waals surface area contributed by atoms with Gasteiger partial charge >= 0.3 is 0 Å². The van der Waals surface area contributed by atoms with Crippen molar-refractivity contribution >= 4 is 11.7 Å². The minimum absolute atomic E-state index is 0.203. The second-order valence-electron chi connectivity index (χ2n) is 5.64. The van der Waals surface area contributed by atoms with E-state index in [-0.39, 0.29) is 12.1 Å². The molecule has 0 saturated carbocycles. The van der Waals surface area contributed by atoms with E-state index in [4.69, 9.17) is 4.52 Å². The number of nitrogens with zero attached hydrogens (tertiary/aromatic N) is 3. The van der Waals surface area contributed by atoms with Crippen molar-refractivity contribution in [1.82, 2.24) is 14.9 Å². The number of carbonyl (C=O) groups is 1. The summed E-state index contributed by atoms with van der Waals surface area (Å²) in [4.78, 5) is 24.1. The van der Waals surface area contributed by atoms with Crippen LogP contribution in [0.2, 0.25) is 0 Å². The quantitative estimate of drug-likeness (QED) is 0.771. The summed E-state index contributed by atoms with van der Waals surface area (Å²) in [5.41, 5.74) is 2.39. The summed E-state index contributed by atoms with van der Waals surface area (Å²) in [6.07, 6.45) is 0.953. The Kier molecular flexibility index (Phi) is 4.74. The molecule has 7 nitrogen and oxygen atoms in total. The zero-order valence-corrected chi connectivity index (χ0v) is 14.0. The van der Waals surface area contributed by atoms with Gasteiger partial charge in [0.15, 0.2) is 5.82 Å². The van der Waals surface area contributed by atoms with Gasteiger partial charge < -0.3 is 9.84 Å². The summed E-state index contributed by atoms with van der Waals surface area (Å²) in [6, 6.07) is 12.6. The summed E-state index contributed by atoms with van der Waals surface area (Å²) in [5, 5.41) is 10.5. The van der Waals surface area contributed by atoms with Crippen molar-refractivity contribution in [2.45, 2.75) is 26.8 Å². The molecule has 0 saturated heterocycles. The Labute approximate surface area is 144 Å². The van der Waals surface area contributed by atoms with Crippen LogP contribution in [0.25, 0.3) is 11.3 Å². The zero-order chi connectivity index (χ0) is 17.8. The minimum Gasteiger partial charge on any atom is -0.360 e. The summed E-state index contributed by atoms with van der Waals surface area (Å²) in [7, 11) is 0.